The molecule has 0 spiro atoms. The lowest BCUT2D eigenvalue weighted by Gasteiger charge is -2.31. The van der Waals surface area contributed by atoms with Gasteiger partial charge in [-0.15, -0.1) is 0 Å². The van der Waals surface area contributed by atoms with Crippen LogP contribution in [0.25, 0.3) is 0 Å². The Morgan fingerprint density at radius 3 is 2.00 bits per heavy atom. The van der Waals surface area contributed by atoms with Gasteiger partial charge in [0.25, 0.3) is 0 Å². The number of aromatic amines is 1. The van der Waals surface area contributed by atoms with Gasteiger partial charge in [-0.3, -0.25) is 0 Å². The average molecular weight is 336 g/mol. The highest BCUT2D eigenvalue weighted by Gasteiger charge is 2.22. The summed E-state index contributed by atoms with van der Waals surface area (Å²) >= 11 is 0. The van der Waals surface area contributed by atoms with Gasteiger partial charge in [0.1, 0.15) is 0 Å². The molecule has 0 fully saturated rings. The van der Waals surface area contributed by atoms with Crippen molar-refractivity contribution in [1.82, 2.24) is 15.3 Å². The van der Waals surface area contributed by atoms with E-state index in [0.29, 0.717) is 5.54 Å². The Balaban J connectivity index is 2.31. The van der Waals surface area contributed by atoms with Gasteiger partial charge >= 0.3 is 0 Å². The monoisotopic (exact) mass is 335 g/mol. The van der Waals surface area contributed by atoms with Crippen LogP contribution in [-0.4, -0.2) is 22.1 Å². The van der Waals surface area contributed by atoms with Gasteiger partial charge in [0.2, 0.25) is 0 Å². The summed E-state index contributed by atoms with van der Waals surface area (Å²) < 4.78 is 0. The standard InChI is InChI=1S/C21H41N3/c1-4-6-8-10-12-15-21(3,16-13-11-9-7-5-2)24-17-14-20-18-22-19-23-20/h18-19,24H,4-17H2,1-3H3,(H,22,23). The van der Waals surface area contributed by atoms with Gasteiger partial charge in [-0.25, -0.2) is 4.98 Å². The Morgan fingerprint density at radius 2 is 1.50 bits per heavy atom. The highest BCUT2D eigenvalue weighted by Crippen LogP contribution is 2.23. The summed E-state index contributed by atoms with van der Waals surface area (Å²) in [6.45, 7) is 8.07. The number of hydrogen-bond acceptors (Lipinski definition) is 2. The van der Waals surface area contributed by atoms with Crippen LogP contribution in [0.3, 0.4) is 0 Å². The van der Waals surface area contributed by atoms with Gasteiger partial charge in [-0.05, 0) is 19.8 Å². The molecular weight excluding hydrogens is 294 g/mol. The molecule has 24 heavy (non-hydrogen) atoms. The molecular formula is C21H41N3. The first kappa shape index (κ1) is 21.2. The third kappa shape index (κ3) is 10.1. The fraction of sp³-hybridized carbons (Fsp3) is 0.857. The molecule has 0 atom stereocenters. The summed E-state index contributed by atoms with van der Waals surface area (Å²) in [4.78, 5) is 7.32. The number of rotatable bonds is 16. The zero-order valence-corrected chi connectivity index (χ0v) is 16.5. The summed E-state index contributed by atoms with van der Waals surface area (Å²) in [5, 5.41) is 3.87. The molecule has 0 amide bonds. The molecule has 0 saturated carbocycles. The first-order chi connectivity index (χ1) is 11.7. The maximum Gasteiger partial charge on any atom is 0.0921 e. The Bertz CT molecular complexity index is 358. The van der Waals surface area contributed by atoms with Gasteiger partial charge in [0.05, 0.1) is 6.33 Å². The van der Waals surface area contributed by atoms with Gasteiger partial charge in [0.15, 0.2) is 0 Å². The van der Waals surface area contributed by atoms with Crippen molar-refractivity contribution in [2.24, 2.45) is 0 Å². The van der Waals surface area contributed by atoms with Crippen LogP contribution in [-0.2, 0) is 6.42 Å². The van der Waals surface area contributed by atoms with Gasteiger partial charge < -0.3 is 10.3 Å². The quantitative estimate of drug-likeness (QED) is 0.363. The van der Waals surface area contributed by atoms with Crippen LogP contribution in [0.2, 0.25) is 0 Å². The molecule has 3 heteroatoms. The van der Waals surface area contributed by atoms with Crippen LogP contribution < -0.4 is 5.32 Å². The lowest BCUT2D eigenvalue weighted by molar-refractivity contribution is 0.288. The molecule has 1 rings (SSSR count). The summed E-state index contributed by atoms with van der Waals surface area (Å²) in [5.41, 5.74) is 1.54. The number of nitrogens with one attached hydrogen (secondary N) is 2. The van der Waals surface area contributed by atoms with Crippen molar-refractivity contribution < 1.29 is 0 Å². The molecule has 140 valence electrons. The van der Waals surface area contributed by atoms with Gasteiger partial charge in [-0.1, -0.05) is 78.1 Å². The molecule has 1 aromatic heterocycles. The summed E-state index contributed by atoms with van der Waals surface area (Å²) in [6, 6.07) is 0. The van der Waals surface area contributed by atoms with Crippen LogP contribution in [0.5, 0.6) is 0 Å². The SMILES string of the molecule is CCCCCCCC(C)(CCCCCCC)NCCc1cnc[nH]1. The first-order valence-electron chi connectivity index (χ1n) is 10.4. The van der Waals surface area contributed by atoms with Crippen molar-refractivity contribution in [3.8, 4) is 0 Å². The topological polar surface area (TPSA) is 40.7 Å². The van der Waals surface area contributed by atoms with Crippen molar-refractivity contribution in [1.29, 1.82) is 0 Å². The molecule has 3 nitrogen and oxygen atoms in total. The number of hydrogen-bond donors (Lipinski definition) is 2. The zero-order valence-electron chi connectivity index (χ0n) is 16.5. The van der Waals surface area contributed by atoms with E-state index in [2.05, 4.69) is 36.1 Å². The van der Waals surface area contributed by atoms with E-state index in [1.54, 1.807) is 6.33 Å². The lowest BCUT2D eigenvalue weighted by Crippen LogP contribution is -2.43. The van der Waals surface area contributed by atoms with Gasteiger partial charge in [-0.2, -0.15) is 0 Å². The number of nitrogens with zero attached hydrogens (tertiary/aromatic N) is 1. The van der Waals surface area contributed by atoms with Crippen LogP contribution in [0.1, 0.15) is 104 Å². The van der Waals surface area contributed by atoms with E-state index in [9.17, 15) is 0 Å². The van der Waals surface area contributed by atoms with Crippen LogP contribution >= 0.6 is 0 Å². The molecule has 0 aliphatic carbocycles. The Hall–Kier alpha value is -0.830. The van der Waals surface area contributed by atoms with Crippen molar-refractivity contribution in [2.45, 2.75) is 110 Å². The van der Waals surface area contributed by atoms with E-state index in [4.69, 9.17) is 0 Å². The lowest BCUT2D eigenvalue weighted by atomic mass is 9.88. The minimum Gasteiger partial charge on any atom is -0.348 e. The molecule has 2 N–H and O–H groups in total. The normalized spacial score (nSPS) is 12.0. The summed E-state index contributed by atoms with van der Waals surface area (Å²) in [6.07, 6.45) is 21.1. The maximum absolute atomic E-state index is 4.11. The molecule has 0 unspecified atom stereocenters. The highest BCUT2D eigenvalue weighted by molar-refractivity contribution is 4.95. The molecule has 0 aliphatic heterocycles. The van der Waals surface area contributed by atoms with E-state index in [0.717, 1.165) is 13.0 Å². The van der Waals surface area contributed by atoms with E-state index >= 15 is 0 Å². The summed E-state index contributed by atoms with van der Waals surface area (Å²) in [5.74, 6) is 0. The second kappa shape index (κ2) is 13.5. The van der Waals surface area contributed by atoms with Crippen molar-refractivity contribution >= 4 is 0 Å². The molecule has 0 saturated heterocycles. The highest BCUT2D eigenvalue weighted by atomic mass is 15.0. The van der Waals surface area contributed by atoms with Crippen LogP contribution in [0.15, 0.2) is 12.5 Å². The Labute approximate surface area is 150 Å². The van der Waals surface area contributed by atoms with Gasteiger partial charge in [0, 0.05) is 30.4 Å². The van der Waals surface area contributed by atoms with Crippen LogP contribution in [0, 0.1) is 0 Å². The fourth-order valence-electron chi connectivity index (χ4n) is 3.46. The third-order valence-electron chi connectivity index (χ3n) is 5.17. The fourth-order valence-corrected chi connectivity index (χ4v) is 3.46. The Morgan fingerprint density at radius 1 is 0.917 bits per heavy atom. The number of imidazole rings is 1. The van der Waals surface area contributed by atoms with E-state index in [1.807, 2.05) is 6.20 Å². The predicted molar refractivity (Wildman–Crippen MR) is 105 cm³/mol. The zero-order chi connectivity index (χ0) is 17.5. The number of H-pyrrole nitrogens is 1. The van der Waals surface area contributed by atoms with Crippen LogP contribution in [0.4, 0.5) is 0 Å². The molecule has 0 aliphatic rings. The van der Waals surface area contributed by atoms with E-state index in [1.165, 1.54) is 82.7 Å². The van der Waals surface area contributed by atoms with E-state index < -0.39 is 0 Å². The second-order valence-electron chi connectivity index (χ2n) is 7.64. The molecule has 0 bridgehead atoms. The Kier molecular flexibility index (Phi) is 11.9. The third-order valence-corrected chi connectivity index (χ3v) is 5.17. The molecule has 0 radical (unpaired) electrons. The van der Waals surface area contributed by atoms with Crippen molar-refractivity contribution in [3.63, 3.8) is 0 Å². The molecule has 1 heterocycles. The van der Waals surface area contributed by atoms with E-state index in [-0.39, 0.29) is 0 Å². The summed E-state index contributed by atoms with van der Waals surface area (Å²) in [7, 11) is 0. The smallest absolute Gasteiger partial charge is 0.0921 e. The first-order valence-corrected chi connectivity index (χ1v) is 10.4. The number of unbranched alkanes of at least 4 members (excludes halogenated alkanes) is 8. The predicted octanol–water partition coefficient (Wildman–Crippen LogP) is 6.02. The average Bonchev–Trinajstić information content (AvgIpc) is 3.08. The minimum absolute atomic E-state index is 0.304. The molecule has 1 aromatic rings. The molecule has 0 aromatic carbocycles. The van der Waals surface area contributed by atoms with Crippen molar-refractivity contribution in [2.75, 3.05) is 6.54 Å². The number of aromatic nitrogens is 2. The second-order valence-corrected chi connectivity index (χ2v) is 7.64. The maximum atomic E-state index is 4.11. The van der Waals surface area contributed by atoms with Crippen molar-refractivity contribution in [3.05, 3.63) is 18.2 Å². The minimum atomic E-state index is 0.304. The largest absolute Gasteiger partial charge is 0.348 e.